The van der Waals surface area contributed by atoms with Crippen LogP contribution in [0.4, 0.5) is 5.82 Å². The number of hydrogen-bond donors (Lipinski definition) is 2. The van der Waals surface area contributed by atoms with Gasteiger partial charge in [0.25, 0.3) is 0 Å². The van der Waals surface area contributed by atoms with E-state index in [1.807, 2.05) is 19.2 Å². The van der Waals surface area contributed by atoms with E-state index >= 15 is 0 Å². The second-order valence-corrected chi connectivity index (χ2v) is 9.61. The van der Waals surface area contributed by atoms with Crippen LogP contribution < -0.4 is 5.73 Å². The van der Waals surface area contributed by atoms with Crippen LogP contribution in [-0.4, -0.2) is 35.4 Å². The molecule has 0 amide bonds. The summed E-state index contributed by atoms with van der Waals surface area (Å²) < 4.78 is 1.72. The first-order valence-corrected chi connectivity index (χ1v) is 11.5. The molecule has 0 saturated carbocycles. The van der Waals surface area contributed by atoms with Crippen LogP contribution in [0.5, 0.6) is 0 Å². The molecule has 2 aromatic carbocycles. The van der Waals surface area contributed by atoms with E-state index in [1.165, 1.54) is 5.56 Å². The van der Waals surface area contributed by atoms with Gasteiger partial charge in [0, 0.05) is 39.5 Å². The highest BCUT2D eigenvalue weighted by atomic mass is 16.3. The van der Waals surface area contributed by atoms with Crippen molar-refractivity contribution in [3.05, 3.63) is 78.5 Å². The average molecular weight is 465 g/mol. The minimum atomic E-state index is -0.876. The van der Waals surface area contributed by atoms with Gasteiger partial charge in [0.15, 0.2) is 0 Å². The number of benzene rings is 2. The fraction of sp³-hybridized carbons (Fsp3) is 0.214. The van der Waals surface area contributed by atoms with Crippen molar-refractivity contribution in [2.24, 2.45) is 0 Å². The molecule has 7 nitrogen and oxygen atoms in total. The van der Waals surface area contributed by atoms with Gasteiger partial charge < -0.3 is 10.8 Å². The van der Waals surface area contributed by atoms with Gasteiger partial charge in [-0.1, -0.05) is 35.9 Å². The van der Waals surface area contributed by atoms with Crippen LogP contribution in [0.15, 0.2) is 67.3 Å². The molecule has 7 heteroatoms. The third-order valence-electron chi connectivity index (χ3n) is 6.02. The molecule has 0 radical (unpaired) electrons. The Hall–Kier alpha value is -4.10. The molecular formula is C28H28N6O. The van der Waals surface area contributed by atoms with Gasteiger partial charge >= 0.3 is 0 Å². The third-order valence-corrected chi connectivity index (χ3v) is 6.02. The largest absolute Gasteiger partial charge is 0.389 e. The molecule has 0 fully saturated rings. The molecule has 0 bridgehead atoms. The van der Waals surface area contributed by atoms with Crippen molar-refractivity contribution in [3.8, 4) is 33.5 Å². The Morgan fingerprint density at radius 3 is 2.40 bits per heavy atom. The van der Waals surface area contributed by atoms with E-state index in [0.29, 0.717) is 12.4 Å². The maximum atomic E-state index is 10.2. The number of rotatable bonds is 5. The lowest BCUT2D eigenvalue weighted by atomic mass is 9.94. The van der Waals surface area contributed by atoms with Gasteiger partial charge in [-0.05, 0) is 51.5 Å². The maximum absolute atomic E-state index is 10.2. The number of hydrogen-bond acceptors (Lipinski definition) is 6. The van der Waals surface area contributed by atoms with E-state index in [9.17, 15) is 5.11 Å². The first-order valence-electron chi connectivity index (χ1n) is 11.5. The van der Waals surface area contributed by atoms with E-state index < -0.39 is 5.60 Å². The van der Waals surface area contributed by atoms with Crippen molar-refractivity contribution in [1.29, 1.82) is 0 Å². The molecule has 35 heavy (non-hydrogen) atoms. The number of nitrogens with zero attached hydrogens (tertiary/aromatic N) is 5. The molecule has 5 aromatic rings. The van der Waals surface area contributed by atoms with Crippen LogP contribution in [0, 0.1) is 13.8 Å². The molecule has 3 heterocycles. The molecule has 0 saturated heterocycles. The van der Waals surface area contributed by atoms with Crippen molar-refractivity contribution in [2.75, 3.05) is 5.73 Å². The number of nitrogen functional groups attached to an aromatic ring is 1. The lowest BCUT2D eigenvalue weighted by molar-refractivity contribution is 0.0577. The number of anilines is 1. The normalized spacial score (nSPS) is 11.8. The summed E-state index contributed by atoms with van der Waals surface area (Å²) in [7, 11) is 0. The predicted octanol–water partition coefficient (Wildman–Crippen LogP) is 5.19. The van der Waals surface area contributed by atoms with E-state index in [-0.39, 0.29) is 0 Å². The van der Waals surface area contributed by atoms with Crippen LogP contribution in [0.3, 0.4) is 0 Å². The number of fused-ring (bicyclic) bond motifs is 1. The summed E-state index contributed by atoms with van der Waals surface area (Å²) in [5.41, 5.74) is 14.0. The Labute approximate surface area is 204 Å². The Morgan fingerprint density at radius 1 is 0.914 bits per heavy atom. The van der Waals surface area contributed by atoms with Gasteiger partial charge in [0.1, 0.15) is 12.1 Å². The Bertz CT molecular complexity index is 1530. The van der Waals surface area contributed by atoms with Gasteiger partial charge in [0.05, 0.1) is 29.6 Å². The minimum absolute atomic E-state index is 0.374. The number of pyridine rings is 1. The summed E-state index contributed by atoms with van der Waals surface area (Å²) in [6, 6.07) is 16.5. The number of nitrogens with two attached hydrogens (primary N) is 1. The molecule has 0 aliphatic rings. The van der Waals surface area contributed by atoms with E-state index in [4.69, 9.17) is 10.7 Å². The summed E-state index contributed by atoms with van der Waals surface area (Å²) in [5, 5.41) is 15.6. The smallest absolute Gasteiger partial charge is 0.132 e. The monoisotopic (exact) mass is 464 g/mol. The summed E-state index contributed by atoms with van der Waals surface area (Å²) in [4.78, 5) is 13.6. The highest BCUT2D eigenvalue weighted by molar-refractivity contribution is 5.92. The second-order valence-electron chi connectivity index (χ2n) is 9.61. The van der Waals surface area contributed by atoms with E-state index in [0.717, 1.165) is 50.1 Å². The molecule has 3 aromatic heterocycles. The molecule has 176 valence electrons. The van der Waals surface area contributed by atoms with Crippen LogP contribution in [0.25, 0.3) is 44.4 Å². The van der Waals surface area contributed by atoms with E-state index in [1.54, 1.807) is 31.1 Å². The van der Waals surface area contributed by atoms with Crippen LogP contribution in [-0.2, 0) is 6.54 Å². The van der Waals surface area contributed by atoms with E-state index in [2.05, 4.69) is 64.5 Å². The molecule has 0 aliphatic carbocycles. The molecule has 0 spiro atoms. The van der Waals surface area contributed by atoms with Gasteiger partial charge in [-0.15, -0.1) is 0 Å². The van der Waals surface area contributed by atoms with Gasteiger partial charge in [-0.3, -0.25) is 4.68 Å². The summed E-state index contributed by atoms with van der Waals surface area (Å²) in [6.07, 6.45) is 5.23. The molecular weight excluding hydrogens is 436 g/mol. The zero-order valence-corrected chi connectivity index (χ0v) is 20.3. The molecule has 0 atom stereocenters. The number of aliphatic hydroxyl groups is 1. The fourth-order valence-electron chi connectivity index (χ4n) is 4.25. The molecule has 3 N–H and O–H groups in total. The topological polar surface area (TPSA) is 103 Å². The zero-order chi connectivity index (χ0) is 24.7. The molecule has 0 aliphatic heterocycles. The number of aromatic nitrogens is 5. The Balaban J connectivity index is 1.70. The van der Waals surface area contributed by atoms with Crippen molar-refractivity contribution < 1.29 is 5.11 Å². The van der Waals surface area contributed by atoms with Crippen LogP contribution in [0.1, 0.15) is 25.1 Å². The fourth-order valence-corrected chi connectivity index (χ4v) is 4.25. The van der Waals surface area contributed by atoms with Crippen molar-refractivity contribution >= 4 is 16.7 Å². The zero-order valence-electron chi connectivity index (χ0n) is 20.3. The molecule has 0 unspecified atom stereocenters. The van der Waals surface area contributed by atoms with Crippen molar-refractivity contribution in [2.45, 2.75) is 39.8 Å². The van der Waals surface area contributed by atoms with Gasteiger partial charge in [-0.2, -0.15) is 5.10 Å². The van der Waals surface area contributed by atoms with Crippen molar-refractivity contribution in [1.82, 2.24) is 24.7 Å². The predicted molar refractivity (Wildman–Crippen MR) is 140 cm³/mol. The third kappa shape index (κ3) is 4.63. The average Bonchev–Trinajstić information content (AvgIpc) is 3.26. The lowest BCUT2D eigenvalue weighted by Gasteiger charge is -2.16. The summed E-state index contributed by atoms with van der Waals surface area (Å²) in [5.74, 6) is 0.424. The van der Waals surface area contributed by atoms with Crippen LogP contribution >= 0.6 is 0 Å². The lowest BCUT2D eigenvalue weighted by Crippen LogP contribution is -2.26. The van der Waals surface area contributed by atoms with Crippen molar-refractivity contribution in [3.63, 3.8) is 0 Å². The standard InChI is InChI=1S/C28H28N6O/c1-17-5-7-19(8-6-17)26-23(20-9-10-25-22(11-20)18(2)30-16-31-25)12-24(27(29)33-26)21-13-32-34(14-21)15-28(3,4)35/h5-14,16,35H,15H2,1-4H3,(H2,29,33). The Kier molecular flexibility index (Phi) is 5.57. The minimum Gasteiger partial charge on any atom is -0.389 e. The highest BCUT2D eigenvalue weighted by Gasteiger charge is 2.18. The van der Waals surface area contributed by atoms with Gasteiger partial charge in [0.2, 0.25) is 0 Å². The molecule has 5 rings (SSSR count). The maximum Gasteiger partial charge on any atom is 0.132 e. The quantitative estimate of drug-likeness (QED) is 0.371. The first-order chi connectivity index (χ1) is 16.7. The summed E-state index contributed by atoms with van der Waals surface area (Å²) >= 11 is 0. The Morgan fingerprint density at radius 2 is 1.66 bits per heavy atom. The highest BCUT2D eigenvalue weighted by Crippen LogP contribution is 2.38. The first kappa shape index (κ1) is 22.7. The van der Waals surface area contributed by atoms with Gasteiger partial charge in [-0.25, -0.2) is 15.0 Å². The summed E-state index contributed by atoms with van der Waals surface area (Å²) in [6.45, 7) is 7.93. The van der Waals surface area contributed by atoms with Crippen LogP contribution in [0.2, 0.25) is 0 Å². The SMILES string of the molecule is Cc1ccc(-c2nc(N)c(-c3cnn(CC(C)(C)O)c3)cc2-c2ccc3ncnc(C)c3c2)cc1. The second kappa shape index (κ2) is 8.60. The number of aryl methyl sites for hydroxylation is 2.